The summed E-state index contributed by atoms with van der Waals surface area (Å²) >= 11 is 9.66. The van der Waals surface area contributed by atoms with Crippen LogP contribution in [0.3, 0.4) is 0 Å². The van der Waals surface area contributed by atoms with Crippen LogP contribution in [0.25, 0.3) is 11.3 Å². The molecule has 0 aliphatic rings. The highest BCUT2D eigenvalue weighted by atomic mass is 79.9. The molecule has 0 spiro atoms. The van der Waals surface area contributed by atoms with Gasteiger partial charge in [0.05, 0.1) is 12.8 Å². The van der Waals surface area contributed by atoms with Gasteiger partial charge < -0.3 is 9.47 Å². The van der Waals surface area contributed by atoms with Crippen LogP contribution in [0.2, 0.25) is 5.02 Å². The average Bonchev–Trinajstić information content (AvgIpc) is 2.81. The molecule has 23 heavy (non-hydrogen) atoms. The second-order valence-electron chi connectivity index (χ2n) is 6.14. The summed E-state index contributed by atoms with van der Waals surface area (Å²) in [6.07, 6.45) is 1.21. The molecule has 0 unspecified atom stereocenters. The zero-order valence-electron chi connectivity index (χ0n) is 13.7. The summed E-state index contributed by atoms with van der Waals surface area (Å²) in [5.74, 6) is 0.641. The number of methoxy groups -OCH3 is 1. The first-order chi connectivity index (χ1) is 10.6. The monoisotopic (exact) mass is 399 g/mol. The van der Waals surface area contributed by atoms with E-state index in [0.717, 1.165) is 15.6 Å². The third kappa shape index (κ3) is 3.90. The van der Waals surface area contributed by atoms with Crippen molar-refractivity contribution < 1.29 is 14.3 Å². The number of hydrogen-bond acceptors (Lipinski definition) is 3. The van der Waals surface area contributed by atoms with Gasteiger partial charge in [-0.1, -0.05) is 11.6 Å². The summed E-state index contributed by atoms with van der Waals surface area (Å²) in [5.41, 5.74) is 1.67. The average molecular weight is 401 g/mol. The maximum atomic E-state index is 12.5. The lowest BCUT2D eigenvalue weighted by Gasteiger charge is -2.21. The molecule has 124 valence electrons. The van der Waals surface area contributed by atoms with Gasteiger partial charge in [0, 0.05) is 21.3 Å². The van der Waals surface area contributed by atoms with Crippen molar-refractivity contribution in [1.82, 2.24) is 4.57 Å². The summed E-state index contributed by atoms with van der Waals surface area (Å²) in [6, 6.07) is 5.39. The number of hydrogen-bond donors (Lipinski definition) is 0. The number of aromatic nitrogens is 1. The van der Waals surface area contributed by atoms with Crippen molar-refractivity contribution >= 4 is 33.6 Å². The number of benzene rings is 1. The Morgan fingerprint density at radius 3 is 2.52 bits per heavy atom. The highest BCUT2D eigenvalue weighted by Gasteiger charge is 2.23. The van der Waals surface area contributed by atoms with Crippen molar-refractivity contribution in [1.29, 1.82) is 0 Å². The van der Waals surface area contributed by atoms with Crippen LogP contribution in [0.15, 0.2) is 28.9 Å². The van der Waals surface area contributed by atoms with Gasteiger partial charge in [-0.15, -0.1) is 0 Å². The van der Waals surface area contributed by atoms with E-state index in [4.69, 9.17) is 21.1 Å². The van der Waals surface area contributed by atoms with Crippen molar-refractivity contribution in [2.45, 2.75) is 33.3 Å². The molecule has 0 aliphatic carbocycles. The first kappa shape index (κ1) is 17.9. The van der Waals surface area contributed by atoms with Crippen LogP contribution in [0.4, 0.5) is 4.79 Å². The smallest absolute Gasteiger partial charge is 0.419 e. The highest BCUT2D eigenvalue weighted by molar-refractivity contribution is 9.10. The van der Waals surface area contributed by atoms with Gasteiger partial charge in [0.25, 0.3) is 0 Å². The Bertz CT molecular complexity index is 747. The Labute approximate surface area is 149 Å². The van der Waals surface area contributed by atoms with Gasteiger partial charge in [-0.25, -0.2) is 4.79 Å². The number of ether oxygens (including phenoxy) is 2. The molecule has 1 heterocycles. The second-order valence-corrected chi connectivity index (χ2v) is 7.47. The predicted octanol–water partition coefficient (Wildman–Crippen LogP) is 5.67. The van der Waals surface area contributed by atoms with Crippen molar-refractivity contribution in [2.24, 2.45) is 0 Å². The van der Waals surface area contributed by atoms with Crippen LogP contribution in [-0.4, -0.2) is 23.4 Å². The van der Waals surface area contributed by atoms with Gasteiger partial charge in [-0.3, -0.25) is 4.57 Å². The lowest BCUT2D eigenvalue weighted by atomic mass is 10.0. The zero-order valence-corrected chi connectivity index (χ0v) is 16.1. The van der Waals surface area contributed by atoms with E-state index in [1.807, 2.05) is 33.8 Å². The summed E-state index contributed by atoms with van der Waals surface area (Å²) in [7, 11) is 1.59. The van der Waals surface area contributed by atoms with E-state index < -0.39 is 11.7 Å². The molecule has 0 fully saturated rings. The van der Waals surface area contributed by atoms with E-state index in [2.05, 4.69) is 15.9 Å². The van der Waals surface area contributed by atoms with E-state index >= 15 is 0 Å². The zero-order chi connectivity index (χ0) is 17.4. The van der Waals surface area contributed by atoms with Gasteiger partial charge in [0.15, 0.2) is 0 Å². The lowest BCUT2D eigenvalue weighted by molar-refractivity contribution is 0.0540. The van der Waals surface area contributed by atoms with Gasteiger partial charge in [-0.2, -0.15) is 0 Å². The van der Waals surface area contributed by atoms with Crippen LogP contribution in [0.1, 0.15) is 26.3 Å². The Hall–Kier alpha value is -1.46. The Balaban J connectivity index is 2.63. The number of rotatable bonds is 2. The van der Waals surface area contributed by atoms with Gasteiger partial charge >= 0.3 is 6.09 Å². The highest BCUT2D eigenvalue weighted by Crippen LogP contribution is 2.38. The fraction of sp³-hybridized carbons (Fsp3) is 0.353. The predicted molar refractivity (Wildman–Crippen MR) is 95.5 cm³/mol. The molecule has 2 aromatic rings. The van der Waals surface area contributed by atoms with Gasteiger partial charge in [-0.05, 0) is 67.4 Å². The maximum absolute atomic E-state index is 12.5. The largest absolute Gasteiger partial charge is 0.496 e. The summed E-state index contributed by atoms with van der Waals surface area (Å²) in [5, 5.41) is 0.605. The summed E-state index contributed by atoms with van der Waals surface area (Å²) < 4.78 is 13.1. The topological polar surface area (TPSA) is 40.5 Å². The normalized spacial score (nSPS) is 11.4. The van der Waals surface area contributed by atoms with Crippen LogP contribution in [0.5, 0.6) is 5.75 Å². The van der Waals surface area contributed by atoms with Gasteiger partial charge in [0.1, 0.15) is 11.4 Å². The van der Waals surface area contributed by atoms with E-state index in [-0.39, 0.29) is 0 Å². The van der Waals surface area contributed by atoms with Crippen molar-refractivity contribution in [3.8, 4) is 17.0 Å². The van der Waals surface area contributed by atoms with Gasteiger partial charge in [0.2, 0.25) is 0 Å². The maximum Gasteiger partial charge on any atom is 0.419 e. The number of carbonyl (C=O) groups is 1. The molecule has 6 heteroatoms. The van der Waals surface area contributed by atoms with E-state index in [1.54, 1.807) is 25.4 Å². The van der Waals surface area contributed by atoms with Crippen LogP contribution >= 0.6 is 27.5 Å². The molecule has 0 bridgehead atoms. The molecule has 0 radical (unpaired) electrons. The number of halogens is 2. The van der Waals surface area contributed by atoms with Crippen LogP contribution in [0, 0.1) is 6.92 Å². The van der Waals surface area contributed by atoms with Crippen LogP contribution in [-0.2, 0) is 4.74 Å². The van der Waals surface area contributed by atoms with Crippen molar-refractivity contribution in [3.63, 3.8) is 0 Å². The molecular weight excluding hydrogens is 382 g/mol. The minimum Gasteiger partial charge on any atom is -0.496 e. The standard InChI is InChI=1S/C17H19BrClNO3/c1-10-12(19)6-7-14(22-5)15(10)13-8-11(18)9-20(13)16(21)23-17(2,3)4/h6-9H,1-5H3. The minimum absolute atomic E-state index is 0.459. The van der Waals surface area contributed by atoms with E-state index in [9.17, 15) is 4.79 Å². The van der Waals surface area contributed by atoms with Crippen molar-refractivity contribution in [3.05, 3.63) is 39.5 Å². The Morgan fingerprint density at radius 1 is 1.30 bits per heavy atom. The fourth-order valence-electron chi connectivity index (χ4n) is 2.23. The fourth-order valence-corrected chi connectivity index (χ4v) is 2.81. The molecule has 2 rings (SSSR count). The molecule has 0 N–H and O–H groups in total. The Morgan fingerprint density at radius 2 is 1.96 bits per heavy atom. The SMILES string of the molecule is COc1ccc(Cl)c(C)c1-c1cc(Br)cn1C(=O)OC(C)(C)C. The second kappa shape index (κ2) is 6.57. The molecule has 0 atom stereocenters. The number of nitrogens with zero attached hydrogens (tertiary/aromatic N) is 1. The van der Waals surface area contributed by atoms with Crippen LogP contribution < -0.4 is 4.74 Å². The van der Waals surface area contributed by atoms with E-state index in [0.29, 0.717) is 16.5 Å². The molecule has 0 aliphatic heterocycles. The molecule has 1 aromatic heterocycles. The minimum atomic E-state index is -0.585. The number of carbonyl (C=O) groups excluding carboxylic acids is 1. The quantitative estimate of drug-likeness (QED) is 0.652. The lowest BCUT2D eigenvalue weighted by Crippen LogP contribution is -2.27. The third-order valence-electron chi connectivity index (χ3n) is 3.21. The molecule has 0 amide bonds. The Kier molecular flexibility index (Phi) is 5.11. The molecule has 1 aromatic carbocycles. The molecule has 0 saturated heterocycles. The van der Waals surface area contributed by atoms with E-state index in [1.165, 1.54) is 4.57 Å². The molecule has 4 nitrogen and oxygen atoms in total. The molecule has 0 saturated carbocycles. The molecular formula is C17H19BrClNO3. The first-order valence-corrected chi connectivity index (χ1v) is 8.26. The first-order valence-electron chi connectivity index (χ1n) is 7.08. The van der Waals surface area contributed by atoms with Crippen molar-refractivity contribution in [2.75, 3.05) is 7.11 Å². The third-order valence-corrected chi connectivity index (χ3v) is 4.06. The summed E-state index contributed by atoms with van der Waals surface area (Å²) in [4.78, 5) is 12.5. The summed E-state index contributed by atoms with van der Waals surface area (Å²) in [6.45, 7) is 7.37.